The number of carbonyl (C=O) groups excluding carboxylic acids is 1. The number of rotatable bonds is 5. The predicted molar refractivity (Wildman–Crippen MR) is 74.8 cm³/mol. The third-order valence-corrected chi connectivity index (χ3v) is 4.13. The number of nitrogens with zero attached hydrogens (tertiary/aromatic N) is 2. The first-order valence-corrected chi connectivity index (χ1v) is 7.31. The molecule has 0 N–H and O–H groups in total. The molecule has 3 rings (SSSR count). The second-order valence-corrected chi connectivity index (χ2v) is 5.52. The molecule has 1 aromatic heterocycles. The van der Waals surface area contributed by atoms with Gasteiger partial charge >= 0.3 is 0 Å². The zero-order chi connectivity index (χ0) is 14.7. The molecule has 3 unspecified atom stereocenters. The van der Waals surface area contributed by atoms with Crippen LogP contribution in [-0.4, -0.2) is 54.5 Å². The highest BCUT2D eigenvalue weighted by Gasteiger charge is 2.43. The van der Waals surface area contributed by atoms with Gasteiger partial charge < -0.3 is 18.9 Å². The van der Waals surface area contributed by atoms with Crippen LogP contribution in [0.15, 0.2) is 29.4 Å². The van der Waals surface area contributed by atoms with Gasteiger partial charge in [-0.1, -0.05) is 11.2 Å². The molecule has 0 spiro atoms. The van der Waals surface area contributed by atoms with Gasteiger partial charge in [0.05, 0.1) is 31.6 Å². The molecule has 0 radical (unpaired) electrons. The van der Waals surface area contributed by atoms with E-state index in [0.29, 0.717) is 38.0 Å². The summed E-state index contributed by atoms with van der Waals surface area (Å²) in [5.74, 6) is 0.614. The molecule has 2 heterocycles. The average Bonchev–Trinajstić information content (AvgIpc) is 3.15. The highest BCUT2D eigenvalue weighted by atomic mass is 16.5. The molecular formula is C15H20N2O4. The Morgan fingerprint density at radius 3 is 3.24 bits per heavy atom. The lowest BCUT2D eigenvalue weighted by Crippen LogP contribution is -2.51. The summed E-state index contributed by atoms with van der Waals surface area (Å²) in [5, 5.41) is 3.61. The monoisotopic (exact) mass is 292 g/mol. The summed E-state index contributed by atoms with van der Waals surface area (Å²) in [6.45, 7) is 6.06. The van der Waals surface area contributed by atoms with Crippen molar-refractivity contribution in [3.8, 4) is 0 Å². The second-order valence-electron chi connectivity index (χ2n) is 5.52. The van der Waals surface area contributed by atoms with E-state index in [1.807, 2.05) is 4.90 Å². The van der Waals surface area contributed by atoms with Crippen molar-refractivity contribution < 1.29 is 18.8 Å². The van der Waals surface area contributed by atoms with E-state index >= 15 is 0 Å². The van der Waals surface area contributed by atoms with Gasteiger partial charge in [-0.3, -0.25) is 4.79 Å². The Balaban J connectivity index is 1.64. The van der Waals surface area contributed by atoms with E-state index in [1.165, 1.54) is 6.20 Å². The number of ether oxygens (including phenoxy) is 2. The van der Waals surface area contributed by atoms with Crippen molar-refractivity contribution >= 4 is 5.91 Å². The smallest absolute Gasteiger partial charge is 0.292 e. The van der Waals surface area contributed by atoms with Gasteiger partial charge in [-0.25, -0.2) is 0 Å². The summed E-state index contributed by atoms with van der Waals surface area (Å²) in [6.07, 6.45) is 5.18. The van der Waals surface area contributed by atoms with E-state index in [0.717, 1.165) is 12.8 Å². The van der Waals surface area contributed by atoms with Crippen LogP contribution in [0.5, 0.6) is 0 Å². The van der Waals surface area contributed by atoms with Crippen LogP contribution in [0.4, 0.5) is 0 Å². The average molecular weight is 292 g/mol. The van der Waals surface area contributed by atoms with Crippen LogP contribution in [0, 0.1) is 5.92 Å². The zero-order valence-electron chi connectivity index (χ0n) is 11.9. The van der Waals surface area contributed by atoms with Crippen molar-refractivity contribution in [1.29, 1.82) is 0 Å². The summed E-state index contributed by atoms with van der Waals surface area (Å²) in [5.41, 5.74) is 0. The number of amides is 1. The third-order valence-electron chi connectivity index (χ3n) is 4.13. The molecule has 1 aliphatic heterocycles. The molecular weight excluding hydrogens is 272 g/mol. The molecule has 21 heavy (non-hydrogen) atoms. The largest absolute Gasteiger partial charge is 0.377 e. The minimum atomic E-state index is -0.0986. The standard InChI is InChI=1S/C15H20N2O4/c1-2-6-19-10-11-8-12-14(9-11)20-7-5-17(12)15(18)13-3-4-16-21-13/h2-4,11-12,14H,1,5-10H2. The number of aromatic nitrogens is 1. The van der Waals surface area contributed by atoms with E-state index in [-0.39, 0.29) is 18.1 Å². The van der Waals surface area contributed by atoms with Gasteiger partial charge in [-0.05, 0) is 18.8 Å². The summed E-state index contributed by atoms with van der Waals surface area (Å²) in [7, 11) is 0. The lowest BCUT2D eigenvalue weighted by molar-refractivity contribution is -0.0460. The lowest BCUT2D eigenvalue weighted by atomic mass is 10.1. The molecule has 1 amide bonds. The first-order chi connectivity index (χ1) is 10.3. The lowest BCUT2D eigenvalue weighted by Gasteiger charge is -2.37. The normalized spacial score (nSPS) is 28.4. The Hall–Kier alpha value is -1.66. The highest BCUT2D eigenvalue weighted by molar-refractivity contribution is 5.91. The van der Waals surface area contributed by atoms with Gasteiger partial charge in [-0.2, -0.15) is 0 Å². The molecule has 2 fully saturated rings. The van der Waals surface area contributed by atoms with Crippen molar-refractivity contribution in [3.05, 3.63) is 30.7 Å². The van der Waals surface area contributed by atoms with Crippen LogP contribution in [0.3, 0.4) is 0 Å². The fourth-order valence-electron chi connectivity index (χ4n) is 3.22. The van der Waals surface area contributed by atoms with Crippen LogP contribution in [0.2, 0.25) is 0 Å². The van der Waals surface area contributed by atoms with Crippen molar-refractivity contribution in [2.45, 2.75) is 25.0 Å². The van der Waals surface area contributed by atoms with Gasteiger partial charge in [0.15, 0.2) is 0 Å². The molecule has 6 nitrogen and oxygen atoms in total. The van der Waals surface area contributed by atoms with Gasteiger partial charge in [0.25, 0.3) is 5.91 Å². The molecule has 0 bridgehead atoms. The molecule has 1 aromatic rings. The maximum Gasteiger partial charge on any atom is 0.292 e. The molecule has 3 atom stereocenters. The van der Waals surface area contributed by atoms with Crippen LogP contribution in [-0.2, 0) is 9.47 Å². The molecule has 6 heteroatoms. The molecule has 114 valence electrons. The molecule has 1 saturated carbocycles. The van der Waals surface area contributed by atoms with E-state index < -0.39 is 0 Å². The maximum atomic E-state index is 12.5. The number of hydrogen-bond donors (Lipinski definition) is 0. The van der Waals surface area contributed by atoms with Crippen LogP contribution >= 0.6 is 0 Å². The van der Waals surface area contributed by atoms with Gasteiger partial charge in [-0.15, -0.1) is 6.58 Å². The van der Waals surface area contributed by atoms with E-state index in [2.05, 4.69) is 11.7 Å². The SMILES string of the molecule is C=CCOCC1CC2OCCN(C(=O)c3ccno3)C2C1. The fraction of sp³-hybridized carbons (Fsp3) is 0.600. The Labute approximate surface area is 123 Å². The van der Waals surface area contributed by atoms with Gasteiger partial charge in [0.2, 0.25) is 5.76 Å². The summed E-state index contributed by atoms with van der Waals surface area (Å²) in [4.78, 5) is 14.3. The van der Waals surface area contributed by atoms with E-state index in [1.54, 1.807) is 12.1 Å². The van der Waals surface area contributed by atoms with Crippen LogP contribution in [0.25, 0.3) is 0 Å². The molecule has 0 aromatic carbocycles. The molecule has 1 saturated heterocycles. The second kappa shape index (κ2) is 6.41. The minimum absolute atomic E-state index is 0.0986. The Morgan fingerprint density at radius 1 is 1.57 bits per heavy atom. The van der Waals surface area contributed by atoms with Gasteiger partial charge in [0, 0.05) is 19.2 Å². The van der Waals surface area contributed by atoms with Crippen LogP contribution < -0.4 is 0 Å². The summed E-state index contributed by atoms with van der Waals surface area (Å²) < 4.78 is 16.3. The Bertz CT molecular complexity index is 488. The first-order valence-electron chi connectivity index (χ1n) is 7.31. The zero-order valence-corrected chi connectivity index (χ0v) is 11.9. The number of carbonyl (C=O) groups is 1. The van der Waals surface area contributed by atoms with Crippen molar-refractivity contribution in [1.82, 2.24) is 10.1 Å². The highest BCUT2D eigenvalue weighted by Crippen LogP contribution is 2.35. The topological polar surface area (TPSA) is 64.8 Å². The Morgan fingerprint density at radius 2 is 2.48 bits per heavy atom. The third kappa shape index (κ3) is 3.01. The number of hydrogen-bond acceptors (Lipinski definition) is 5. The molecule has 1 aliphatic carbocycles. The number of morpholine rings is 1. The van der Waals surface area contributed by atoms with Crippen LogP contribution in [0.1, 0.15) is 23.4 Å². The minimum Gasteiger partial charge on any atom is -0.377 e. The molecule has 2 aliphatic rings. The van der Waals surface area contributed by atoms with Crippen molar-refractivity contribution in [3.63, 3.8) is 0 Å². The van der Waals surface area contributed by atoms with E-state index in [9.17, 15) is 4.79 Å². The summed E-state index contributed by atoms with van der Waals surface area (Å²) in [6, 6.07) is 1.71. The van der Waals surface area contributed by atoms with Crippen molar-refractivity contribution in [2.24, 2.45) is 5.92 Å². The Kier molecular flexibility index (Phi) is 4.36. The quantitative estimate of drug-likeness (QED) is 0.608. The van der Waals surface area contributed by atoms with Crippen molar-refractivity contribution in [2.75, 3.05) is 26.4 Å². The van der Waals surface area contributed by atoms with E-state index in [4.69, 9.17) is 14.0 Å². The maximum absolute atomic E-state index is 12.5. The first kappa shape index (κ1) is 14.3. The summed E-state index contributed by atoms with van der Waals surface area (Å²) >= 11 is 0. The fourth-order valence-corrected chi connectivity index (χ4v) is 3.22. The predicted octanol–water partition coefficient (Wildman–Crippen LogP) is 1.50. The van der Waals surface area contributed by atoms with Gasteiger partial charge in [0.1, 0.15) is 0 Å². The number of fused-ring (bicyclic) bond motifs is 1.